The number of hydrogen-bond acceptors (Lipinski definition) is 3. The lowest BCUT2D eigenvalue weighted by Gasteiger charge is -2.27. The summed E-state index contributed by atoms with van der Waals surface area (Å²) in [6.07, 6.45) is 2.97. The Labute approximate surface area is 122 Å². The summed E-state index contributed by atoms with van der Waals surface area (Å²) in [6.45, 7) is 4.19. The SMILES string of the molecule is CC1(C)CCCC1NS(=O)(=O)c1ccc(Br)cc1N. The maximum Gasteiger partial charge on any atom is 0.242 e. The van der Waals surface area contributed by atoms with Gasteiger partial charge in [-0.25, -0.2) is 13.1 Å². The first-order valence-corrected chi connectivity index (χ1v) is 8.57. The Hall–Kier alpha value is -0.590. The summed E-state index contributed by atoms with van der Waals surface area (Å²) in [4.78, 5) is 0.151. The third-order valence-electron chi connectivity index (χ3n) is 3.82. The van der Waals surface area contributed by atoms with Crippen LogP contribution in [0.3, 0.4) is 0 Å². The van der Waals surface area contributed by atoms with Crippen molar-refractivity contribution < 1.29 is 8.42 Å². The molecule has 106 valence electrons. The zero-order valence-corrected chi connectivity index (χ0v) is 13.5. The van der Waals surface area contributed by atoms with Gasteiger partial charge in [0.2, 0.25) is 10.0 Å². The zero-order chi connectivity index (χ0) is 14.3. The summed E-state index contributed by atoms with van der Waals surface area (Å²) in [5.74, 6) is 0. The number of nitrogens with two attached hydrogens (primary N) is 1. The van der Waals surface area contributed by atoms with Gasteiger partial charge >= 0.3 is 0 Å². The van der Waals surface area contributed by atoms with E-state index >= 15 is 0 Å². The molecule has 2 rings (SSSR count). The van der Waals surface area contributed by atoms with Crippen LogP contribution in [0.4, 0.5) is 5.69 Å². The van der Waals surface area contributed by atoms with Gasteiger partial charge in [0.25, 0.3) is 0 Å². The number of benzene rings is 1. The van der Waals surface area contributed by atoms with Crippen LogP contribution >= 0.6 is 15.9 Å². The predicted molar refractivity (Wildman–Crippen MR) is 80.3 cm³/mol. The Morgan fingerprint density at radius 2 is 2.11 bits per heavy atom. The molecule has 1 atom stereocenters. The van der Waals surface area contributed by atoms with E-state index in [0.29, 0.717) is 0 Å². The maximum absolute atomic E-state index is 12.4. The van der Waals surface area contributed by atoms with E-state index in [1.807, 2.05) is 0 Å². The fourth-order valence-electron chi connectivity index (χ4n) is 2.56. The smallest absolute Gasteiger partial charge is 0.242 e. The molecule has 1 aromatic carbocycles. The highest BCUT2D eigenvalue weighted by Gasteiger charge is 2.37. The number of hydrogen-bond donors (Lipinski definition) is 2. The summed E-state index contributed by atoms with van der Waals surface area (Å²) in [7, 11) is -3.56. The fourth-order valence-corrected chi connectivity index (χ4v) is 4.49. The zero-order valence-electron chi connectivity index (χ0n) is 11.1. The van der Waals surface area contributed by atoms with Crippen LogP contribution in [-0.2, 0) is 10.0 Å². The average Bonchev–Trinajstić information content (AvgIpc) is 2.56. The minimum atomic E-state index is -3.56. The van der Waals surface area contributed by atoms with Crippen molar-refractivity contribution in [2.24, 2.45) is 5.41 Å². The Bertz CT molecular complexity index is 584. The van der Waals surface area contributed by atoms with Crippen LogP contribution in [0.1, 0.15) is 33.1 Å². The highest BCUT2D eigenvalue weighted by atomic mass is 79.9. The van der Waals surface area contributed by atoms with Crippen LogP contribution in [0.15, 0.2) is 27.6 Å². The third-order valence-corrected chi connectivity index (χ3v) is 5.85. The van der Waals surface area contributed by atoms with Gasteiger partial charge in [-0.2, -0.15) is 0 Å². The van der Waals surface area contributed by atoms with E-state index in [4.69, 9.17) is 5.73 Å². The van der Waals surface area contributed by atoms with E-state index < -0.39 is 10.0 Å². The molecule has 0 aromatic heterocycles. The molecule has 19 heavy (non-hydrogen) atoms. The van der Waals surface area contributed by atoms with E-state index in [0.717, 1.165) is 23.7 Å². The van der Waals surface area contributed by atoms with Crippen molar-refractivity contribution in [3.8, 4) is 0 Å². The minimum absolute atomic E-state index is 0.00278. The van der Waals surface area contributed by atoms with Crippen molar-refractivity contribution in [2.45, 2.75) is 44.0 Å². The predicted octanol–water partition coefficient (Wildman–Crippen LogP) is 2.89. The number of nitrogens with one attached hydrogen (secondary N) is 1. The first-order chi connectivity index (χ1) is 8.72. The molecule has 0 aliphatic heterocycles. The second kappa shape index (κ2) is 5.07. The topological polar surface area (TPSA) is 72.2 Å². The molecule has 0 radical (unpaired) electrons. The van der Waals surface area contributed by atoms with Crippen molar-refractivity contribution in [2.75, 3.05) is 5.73 Å². The molecular weight excluding hydrogens is 328 g/mol. The Morgan fingerprint density at radius 1 is 1.42 bits per heavy atom. The molecular formula is C13H19BrN2O2S. The van der Waals surface area contributed by atoms with Crippen LogP contribution in [0.2, 0.25) is 0 Å². The molecule has 0 heterocycles. The van der Waals surface area contributed by atoms with E-state index in [9.17, 15) is 8.42 Å². The first-order valence-electron chi connectivity index (χ1n) is 6.30. The molecule has 0 saturated heterocycles. The third kappa shape index (κ3) is 3.12. The van der Waals surface area contributed by atoms with Gasteiger partial charge in [-0.1, -0.05) is 36.2 Å². The molecule has 3 N–H and O–H groups in total. The number of nitrogen functional groups attached to an aromatic ring is 1. The lowest BCUT2D eigenvalue weighted by molar-refractivity contribution is 0.313. The highest BCUT2D eigenvalue weighted by Crippen LogP contribution is 2.38. The van der Waals surface area contributed by atoms with Gasteiger partial charge < -0.3 is 5.73 Å². The summed E-state index contributed by atoms with van der Waals surface area (Å²) in [6, 6.07) is 4.79. The van der Waals surface area contributed by atoms with Crippen molar-refractivity contribution in [1.82, 2.24) is 4.72 Å². The summed E-state index contributed by atoms with van der Waals surface area (Å²) in [5, 5.41) is 0. The summed E-state index contributed by atoms with van der Waals surface area (Å²) < 4.78 is 28.4. The molecule has 4 nitrogen and oxygen atoms in total. The van der Waals surface area contributed by atoms with Gasteiger partial charge in [0.15, 0.2) is 0 Å². The lowest BCUT2D eigenvalue weighted by Crippen LogP contribution is -2.41. The monoisotopic (exact) mass is 346 g/mol. The quantitative estimate of drug-likeness (QED) is 0.826. The fraction of sp³-hybridized carbons (Fsp3) is 0.538. The molecule has 0 bridgehead atoms. The van der Waals surface area contributed by atoms with E-state index in [1.165, 1.54) is 6.07 Å². The lowest BCUT2D eigenvalue weighted by atomic mass is 9.88. The molecule has 0 amide bonds. The van der Waals surface area contributed by atoms with Crippen molar-refractivity contribution in [1.29, 1.82) is 0 Å². The van der Waals surface area contributed by atoms with Crippen LogP contribution in [0.25, 0.3) is 0 Å². The second-order valence-corrected chi connectivity index (χ2v) is 8.33. The number of rotatable bonds is 3. The molecule has 1 saturated carbocycles. The van der Waals surface area contributed by atoms with Gasteiger partial charge in [-0.05, 0) is 36.5 Å². The Kier molecular flexibility index (Phi) is 3.95. The van der Waals surface area contributed by atoms with E-state index in [2.05, 4.69) is 34.5 Å². The molecule has 0 spiro atoms. The van der Waals surface area contributed by atoms with Crippen molar-refractivity contribution in [3.63, 3.8) is 0 Å². The standard InChI is InChI=1S/C13H19BrN2O2S/c1-13(2)7-3-4-12(13)16-19(17,18)11-6-5-9(14)8-10(11)15/h5-6,8,12,16H,3-4,7,15H2,1-2H3. The van der Waals surface area contributed by atoms with Gasteiger partial charge in [0, 0.05) is 10.5 Å². The minimum Gasteiger partial charge on any atom is -0.398 e. The molecule has 1 aromatic rings. The number of anilines is 1. The second-order valence-electron chi connectivity index (χ2n) is 5.74. The highest BCUT2D eigenvalue weighted by molar-refractivity contribution is 9.10. The van der Waals surface area contributed by atoms with Gasteiger partial charge in [0.1, 0.15) is 4.90 Å². The summed E-state index contributed by atoms with van der Waals surface area (Å²) >= 11 is 3.27. The number of sulfonamides is 1. The molecule has 1 fully saturated rings. The Morgan fingerprint density at radius 3 is 2.63 bits per heavy atom. The van der Waals surface area contributed by atoms with E-state index in [-0.39, 0.29) is 22.0 Å². The van der Waals surface area contributed by atoms with Gasteiger partial charge in [0.05, 0.1) is 5.69 Å². The van der Waals surface area contributed by atoms with Crippen LogP contribution in [0.5, 0.6) is 0 Å². The molecule has 1 aliphatic carbocycles. The number of halogens is 1. The normalized spacial score (nSPS) is 22.6. The van der Waals surface area contributed by atoms with Crippen LogP contribution in [0, 0.1) is 5.41 Å². The summed E-state index contributed by atoms with van der Waals surface area (Å²) in [5.41, 5.74) is 6.06. The Balaban J connectivity index is 2.28. The van der Waals surface area contributed by atoms with Crippen molar-refractivity contribution >= 4 is 31.6 Å². The molecule has 6 heteroatoms. The van der Waals surface area contributed by atoms with Crippen molar-refractivity contribution in [3.05, 3.63) is 22.7 Å². The molecule has 1 unspecified atom stereocenters. The molecule has 1 aliphatic rings. The maximum atomic E-state index is 12.4. The van der Waals surface area contributed by atoms with E-state index in [1.54, 1.807) is 12.1 Å². The largest absolute Gasteiger partial charge is 0.398 e. The first kappa shape index (κ1) is 14.8. The average molecular weight is 347 g/mol. The van der Waals surface area contributed by atoms with Gasteiger partial charge in [-0.15, -0.1) is 0 Å². The van der Waals surface area contributed by atoms with Gasteiger partial charge in [-0.3, -0.25) is 0 Å². The van der Waals surface area contributed by atoms with Crippen LogP contribution in [-0.4, -0.2) is 14.5 Å². The van der Waals surface area contributed by atoms with Crippen LogP contribution < -0.4 is 10.5 Å².